The zero-order chi connectivity index (χ0) is 25.6. The van der Waals surface area contributed by atoms with Gasteiger partial charge in [-0.1, -0.05) is 42.2 Å². The summed E-state index contributed by atoms with van der Waals surface area (Å²) in [5, 5.41) is 13.3. The molecule has 0 saturated carbocycles. The van der Waals surface area contributed by atoms with Crippen molar-refractivity contribution < 1.29 is 14.6 Å². The summed E-state index contributed by atoms with van der Waals surface area (Å²) in [5.74, 6) is 7.42. The number of aliphatic hydroxyl groups excluding tert-OH is 1. The van der Waals surface area contributed by atoms with Crippen LogP contribution in [-0.2, 0) is 0 Å². The lowest BCUT2D eigenvalue weighted by atomic mass is 9.74. The van der Waals surface area contributed by atoms with E-state index in [2.05, 4.69) is 34.2 Å². The zero-order valence-electron chi connectivity index (χ0n) is 21.1. The van der Waals surface area contributed by atoms with E-state index >= 15 is 0 Å². The third-order valence-electron chi connectivity index (χ3n) is 7.42. The third-order valence-corrected chi connectivity index (χ3v) is 7.42. The number of methoxy groups -OCH3 is 1. The molecule has 0 radical (unpaired) electrons. The van der Waals surface area contributed by atoms with Crippen LogP contribution in [0.25, 0.3) is 0 Å². The van der Waals surface area contributed by atoms with Gasteiger partial charge in [-0.05, 0) is 73.5 Å². The quantitative estimate of drug-likeness (QED) is 0.521. The van der Waals surface area contributed by atoms with Crippen molar-refractivity contribution in [3.05, 3.63) is 95.6 Å². The lowest BCUT2D eigenvalue weighted by Gasteiger charge is -2.57. The highest BCUT2D eigenvalue weighted by Gasteiger charge is 2.49. The van der Waals surface area contributed by atoms with Gasteiger partial charge in [-0.25, -0.2) is 4.79 Å². The fourth-order valence-corrected chi connectivity index (χ4v) is 5.46. The normalized spacial score (nSPS) is 21.4. The number of amides is 2. The van der Waals surface area contributed by atoms with Gasteiger partial charge in [0.25, 0.3) is 0 Å². The summed E-state index contributed by atoms with van der Waals surface area (Å²) >= 11 is 0. The number of ether oxygens (including phenoxy) is 1. The van der Waals surface area contributed by atoms with Crippen LogP contribution in [0.15, 0.2) is 78.9 Å². The van der Waals surface area contributed by atoms with Crippen LogP contribution in [0, 0.1) is 11.8 Å². The van der Waals surface area contributed by atoms with Crippen molar-refractivity contribution >= 4 is 11.7 Å². The molecule has 2 aliphatic heterocycles. The Balaban J connectivity index is 1.30. The van der Waals surface area contributed by atoms with Gasteiger partial charge in [0, 0.05) is 47.9 Å². The Bertz CT molecular complexity index is 1250. The van der Waals surface area contributed by atoms with Crippen molar-refractivity contribution in [3.8, 4) is 17.6 Å². The molecule has 3 atom stereocenters. The summed E-state index contributed by atoms with van der Waals surface area (Å²) in [5.41, 5.74) is 3.86. The van der Waals surface area contributed by atoms with Gasteiger partial charge in [-0.2, -0.15) is 0 Å². The summed E-state index contributed by atoms with van der Waals surface area (Å²) in [4.78, 5) is 17.4. The first-order chi connectivity index (χ1) is 18.2. The molecule has 0 unspecified atom stereocenters. The van der Waals surface area contributed by atoms with Gasteiger partial charge < -0.3 is 20.1 Å². The monoisotopic (exact) mass is 495 g/mol. The molecule has 37 heavy (non-hydrogen) atoms. The first-order valence-electron chi connectivity index (χ1n) is 12.9. The predicted octanol–water partition coefficient (Wildman–Crippen LogP) is 4.55. The summed E-state index contributed by atoms with van der Waals surface area (Å²) in [6.45, 7) is 2.43. The van der Waals surface area contributed by atoms with E-state index < -0.39 is 0 Å². The topological polar surface area (TPSA) is 65.0 Å². The van der Waals surface area contributed by atoms with Gasteiger partial charge in [-0.15, -0.1) is 0 Å². The molecule has 6 heteroatoms. The number of urea groups is 1. The average molecular weight is 496 g/mol. The van der Waals surface area contributed by atoms with Gasteiger partial charge >= 0.3 is 6.03 Å². The fraction of sp³-hybridized carbons (Fsp3) is 0.323. The molecule has 6 nitrogen and oxygen atoms in total. The number of benzene rings is 3. The highest BCUT2D eigenvalue weighted by Crippen LogP contribution is 2.42. The molecule has 0 aliphatic carbocycles. The summed E-state index contributed by atoms with van der Waals surface area (Å²) < 4.78 is 5.21. The number of para-hydroxylation sites is 1. The molecule has 2 amide bonds. The number of hydrogen-bond acceptors (Lipinski definition) is 4. The molecule has 3 aromatic rings. The molecule has 190 valence electrons. The average Bonchev–Trinajstić information content (AvgIpc) is 2.92. The van der Waals surface area contributed by atoms with Crippen molar-refractivity contribution in [2.24, 2.45) is 0 Å². The predicted molar refractivity (Wildman–Crippen MR) is 146 cm³/mol. The molecule has 2 aliphatic rings. The maximum absolute atomic E-state index is 13.1. The standard InChI is InChI=1S/C31H33N3O3/c1-37-27-17-13-24(14-18-27)10-9-23-11-15-25(16-12-23)30-28-21-33(19-5-6-20-34(28)29(30)22-35)31(36)32-26-7-3-2-4-8-26/h2-4,7-8,11-18,28-30,35H,5-6,19-22H2,1H3,(H,32,36)/t28-,29+,30+/m1/s1. The van der Waals surface area contributed by atoms with Crippen molar-refractivity contribution in [2.75, 3.05) is 38.7 Å². The smallest absolute Gasteiger partial charge is 0.321 e. The number of aliphatic hydroxyl groups is 1. The molecular formula is C31H33N3O3. The molecule has 2 N–H and O–H groups in total. The van der Waals surface area contributed by atoms with E-state index in [1.165, 1.54) is 5.56 Å². The van der Waals surface area contributed by atoms with E-state index in [9.17, 15) is 9.90 Å². The number of nitrogens with zero attached hydrogens (tertiary/aromatic N) is 2. The minimum Gasteiger partial charge on any atom is -0.497 e. The van der Waals surface area contributed by atoms with Crippen molar-refractivity contribution in [1.29, 1.82) is 0 Å². The van der Waals surface area contributed by atoms with Crippen LogP contribution in [0.1, 0.15) is 35.4 Å². The van der Waals surface area contributed by atoms with Crippen molar-refractivity contribution in [3.63, 3.8) is 0 Å². The molecule has 5 rings (SSSR count). The second-order valence-electron chi connectivity index (χ2n) is 9.63. The Morgan fingerprint density at radius 3 is 2.24 bits per heavy atom. The molecule has 0 spiro atoms. The van der Waals surface area contributed by atoms with Gasteiger partial charge in [0.15, 0.2) is 0 Å². The molecule has 0 bridgehead atoms. The minimum atomic E-state index is -0.0663. The molecule has 2 fully saturated rings. The second kappa shape index (κ2) is 11.5. The first kappa shape index (κ1) is 24.9. The number of anilines is 1. The van der Waals surface area contributed by atoms with Crippen LogP contribution in [-0.4, -0.2) is 66.4 Å². The number of fused-ring (bicyclic) bond motifs is 1. The highest BCUT2D eigenvalue weighted by molar-refractivity contribution is 5.89. The van der Waals surface area contributed by atoms with Crippen LogP contribution in [0.2, 0.25) is 0 Å². The van der Waals surface area contributed by atoms with E-state index in [4.69, 9.17) is 4.74 Å². The van der Waals surface area contributed by atoms with Crippen LogP contribution in [0.4, 0.5) is 10.5 Å². The Morgan fingerprint density at radius 1 is 0.946 bits per heavy atom. The molecule has 2 saturated heterocycles. The first-order valence-corrected chi connectivity index (χ1v) is 12.9. The van der Waals surface area contributed by atoms with E-state index in [1.54, 1.807) is 7.11 Å². The maximum atomic E-state index is 13.1. The van der Waals surface area contributed by atoms with Crippen LogP contribution in [0.5, 0.6) is 5.75 Å². The van der Waals surface area contributed by atoms with Crippen LogP contribution < -0.4 is 10.1 Å². The Kier molecular flexibility index (Phi) is 7.74. The summed E-state index contributed by atoms with van der Waals surface area (Å²) in [7, 11) is 1.65. The van der Waals surface area contributed by atoms with E-state index in [-0.39, 0.29) is 30.6 Å². The largest absolute Gasteiger partial charge is 0.497 e. The lowest BCUT2D eigenvalue weighted by molar-refractivity contribution is -0.0585. The van der Waals surface area contributed by atoms with Gasteiger partial charge in [0.1, 0.15) is 5.75 Å². The number of nitrogens with one attached hydrogen (secondary N) is 1. The molecule has 0 aromatic heterocycles. The number of carbonyl (C=O) groups excluding carboxylic acids is 1. The van der Waals surface area contributed by atoms with E-state index in [0.717, 1.165) is 48.5 Å². The SMILES string of the molecule is COc1ccc(C#Cc2ccc([C@H]3[C@H]4CN(C(=O)Nc5ccccc5)CCCCN4[C@H]3CO)cc2)cc1. The second-order valence-corrected chi connectivity index (χ2v) is 9.63. The summed E-state index contributed by atoms with van der Waals surface area (Å²) in [6, 6.07) is 25.8. The number of hydrogen-bond donors (Lipinski definition) is 2. The van der Waals surface area contributed by atoms with E-state index in [1.807, 2.05) is 71.6 Å². The Labute approximate surface area is 218 Å². The Hall–Kier alpha value is -3.79. The number of carbonyl (C=O) groups is 1. The van der Waals surface area contributed by atoms with E-state index in [0.29, 0.717) is 6.54 Å². The fourth-order valence-electron chi connectivity index (χ4n) is 5.46. The molecular weight excluding hydrogens is 462 g/mol. The third kappa shape index (κ3) is 5.64. The maximum Gasteiger partial charge on any atom is 0.321 e. The lowest BCUT2D eigenvalue weighted by Crippen LogP contribution is -2.68. The van der Waals surface area contributed by atoms with Crippen molar-refractivity contribution in [2.45, 2.75) is 30.8 Å². The Morgan fingerprint density at radius 2 is 1.59 bits per heavy atom. The zero-order valence-corrected chi connectivity index (χ0v) is 21.1. The molecule has 3 aromatic carbocycles. The molecule has 2 heterocycles. The van der Waals surface area contributed by atoms with Gasteiger partial charge in [0.05, 0.1) is 13.7 Å². The van der Waals surface area contributed by atoms with Crippen molar-refractivity contribution in [1.82, 2.24) is 9.80 Å². The van der Waals surface area contributed by atoms with Gasteiger partial charge in [-0.3, -0.25) is 4.90 Å². The number of rotatable bonds is 4. The van der Waals surface area contributed by atoms with Crippen LogP contribution >= 0.6 is 0 Å². The van der Waals surface area contributed by atoms with Gasteiger partial charge in [0.2, 0.25) is 0 Å². The summed E-state index contributed by atoms with van der Waals surface area (Å²) in [6.07, 6.45) is 1.96. The van der Waals surface area contributed by atoms with Crippen LogP contribution in [0.3, 0.4) is 0 Å². The minimum absolute atomic E-state index is 0.0663. The highest BCUT2D eigenvalue weighted by atomic mass is 16.5.